The average Bonchev–Trinajstić information content (AvgIpc) is 3.12. The van der Waals surface area contributed by atoms with E-state index >= 15 is 0 Å². The summed E-state index contributed by atoms with van der Waals surface area (Å²) in [5.74, 6) is 0.270. The van der Waals surface area contributed by atoms with Crippen LogP contribution in [-0.2, 0) is 17.9 Å². The third-order valence-electron chi connectivity index (χ3n) is 3.37. The van der Waals surface area contributed by atoms with Gasteiger partial charge in [-0.2, -0.15) is 10.2 Å². The molecule has 0 aliphatic carbocycles. The van der Waals surface area contributed by atoms with Crippen molar-refractivity contribution in [2.75, 3.05) is 5.32 Å². The summed E-state index contributed by atoms with van der Waals surface area (Å²) in [7, 11) is 0. The number of carbonyl (C=O) groups is 1. The molecule has 0 fully saturated rings. The Morgan fingerprint density at radius 2 is 1.79 bits per heavy atom. The maximum atomic E-state index is 12.0. The monoisotopic (exact) mass is 363 g/mol. The van der Waals surface area contributed by atoms with Crippen molar-refractivity contribution in [1.82, 2.24) is 19.6 Å². The van der Waals surface area contributed by atoms with E-state index in [-0.39, 0.29) is 12.5 Å². The summed E-state index contributed by atoms with van der Waals surface area (Å²) in [6.45, 7) is 2.43. The molecule has 124 valence electrons. The first-order chi connectivity index (χ1) is 11.5. The maximum Gasteiger partial charge on any atom is 0.247 e. The minimum absolute atomic E-state index is 0.136. The van der Waals surface area contributed by atoms with Crippen molar-refractivity contribution in [3.63, 3.8) is 0 Å². The highest BCUT2D eigenvalue weighted by atomic mass is 35.5. The molecule has 0 radical (unpaired) electrons. The fraction of sp³-hybridized carbons (Fsp3) is 0.188. The molecule has 2 heterocycles. The number of hydrogen-bond acceptors (Lipinski definition) is 3. The minimum atomic E-state index is -0.195. The lowest BCUT2D eigenvalue weighted by molar-refractivity contribution is -0.116. The number of rotatable bonds is 5. The van der Waals surface area contributed by atoms with Crippen molar-refractivity contribution in [2.45, 2.75) is 20.0 Å². The van der Waals surface area contributed by atoms with Gasteiger partial charge in [0.1, 0.15) is 6.54 Å². The molecule has 0 spiro atoms. The van der Waals surface area contributed by atoms with E-state index in [2.05, 4.69) is 15.5 Å². The lowest BCUT2D eigenvalue weighted by Gasteiger charge is -2.07. The first-order valence-corrected chi connectivity index (χ1v) is 8.03. The molecule has 0 saturated carbocycles. The quantitative estimate of drug-likeness (QED) is 0.755. The highest BCUT2D eigenvalue weighted by Gasteiger charge is 2.09. The van der Waals surface area contributed by atoms with Gasteiger partial charge in [0.2, 0.25) is 5.91 Å². The van der Waals surface area contributed by atoms with E-state index < -0.39 is 0 Å². The van der Waals surface area contributed by atoms with Crippen LogP contribution in [0.1, 0.15) is 11.3 Å². The molecule has 24 heavy (non-hydrogen) atoms. The maximum absolute atomic E-state index is 12.0. The van der Waals surface area contributed by atoms with Crippen molar-refractivity contribution in [2.24, 2.45) is 0 Å². The van der Waals surface area contributed by atoms with Crippen molar-refractivity contribution in [3.8, 4) is 0 Å². The SMILES string of the molecule is Cc1ccn(CC(=O)Nc2ccn(Cc3c(Cl)cccc3Cl)n2)n1. The standard InChI is InChI=1S/C16H15Cl2N5O/c1-11-5-7-23(20-11)10-16(24)19-15-6-8-22(21-15)9-12-13(17)3-2-4-14(12)18/h2-8H,9-10H2,1H3,(H,19,21,24). The van der Waals surface area contributed by atoms with Crippen LogP contribution in [0.2, 0.25) is 10.0 Å². The van der Waals surface area contributed by atoms with Gasteiger partial charge in [-0.15, -0.1) is 0 Å². The number of amides is 1. The Balaban J connectivity index is 1.64. The Morgan fingerprint density at radius 1 is 1.08 bits per heavy atom. The molecule has 0 aliphatic heterocycles. The number of aromatic nitrogens is 4. The van der Waals surface area contributed by atoms with Gasteiger partial charge in [-0.3, -0.25) is 14.2 Å². The molecule has 1 amide bonds. The molecule has 0 atom stereocenters. The van der Waals surface area contributed by atoms with E-state index in [0.29, 0.717) is 22.4 Å². The number of nitrogens with one attached hydrogen (secondary N) is 1. The van der Waals surface area contributed by atoms with Crippen LogP contribution in [0.15, 0.2) is 42.7 Å². The second-order valence-corrected chi connectivity index (χ2v) is 6.12. The molecular formula is C16H15Cl2N5O. The summed E-state index contributed by atoms with van der Waals surface area (Å²) < 4.78 is 3.24. The highest BCUT2D eigenvalue weighted by Crippen LogP contribution is 2.25. The van der Waals surface area contributed by atoms with E-state index in [4.69, 9.17) is 23.2 Å². The second-order valence-electron chi connectivity index (χ2n) is 5.30. The van der Waals surface area contributed by atoms with Crippen LogP contribution in [0.5, 0.6) is 0 Å². The van der Waals surface area contributed by atoms with E-state index in [0.717, 1.165) is 11.3 Å². The summed E-state index contributed by atoms with van der Waals surface area (Å²) in [6.07, 6.45) is 3.51. The number of hydrogen-bond donors (Lipinski definition) is 1. The molecule has 3 aromatic rings. The summed E-state index contributed by atoms with van der Waals surface area (Å²) in [5.41, 5.74) is 1.65. The summed E-state index contributed by atoms with van der Waals surface area (Å²) >= 11 is 12.3. The number of aryl methyl sites for hydroxylation is 1. The minimum Gasteiger partial charge on any atom is -0.308 e. The van der Waals surface area contributed by atoms with Gasteiger partial charge >= 0.3 is 0 Å². The van der Waals surface area contributed by atoms with Gasteiger partial charge < -0.3 is 5.32 Å². The van der Waals surface area contributed by atoms with Gasteiger partial charge in [0.05, 0.1) is 12.2 Å². The predicted octanol–water partition coefficient (Wildman–Crippen LogP) is 3.38. The molecular weight excluding hydrogens is 349 g/mol. The number of nitrogens with zero attached hydrogens (tertiary/aromatic N) is 4. The molecule has 3 rings (SSSR count). The summed E-state index contributed by atoms with van der Waals surface area (Å²) in [4.78, 5) is 12.0. The normalized spacial score (nSPS) is 10.8. The average molecular weight is 364 g/mol. The Hall–Kier alpha value is -2.31. The van der Waals surface area contributed by atoms with Gasteiger partial charge in [0.15, 0.2) is 5.82 Å². The van der Waals surface area contributed by atoms with Gasteiger partial charge in [0, 0.05) is 34.1 Å². The van der Waals surface area contributed by atoms with Crippen molar-refractivity contribution < 1.29 is 4.79 Å². The molecule has 1 aromatic carbocycles. The zero-order valence-corrected chi connectivity index (χ0v) is 14.4. The van der Waals surface area contributed by atoms with Crippen LogP contribution in [0.4, 0.5) is 5.82 Å². The smallest absolute Gasteiger partial charge is 0.247 e. The van der Waals surface area contributed by atoms with Crippen LogP contribution in [0.3, 0.4) is 0 Å². The fourth-order valence-electron chi connectivity index (χ4n) is 2.24. The number of anilines is 1. The van der Waals surface area contributed by atoms with Crippen molar-refractivity contribution in [1.29, 1.82) is 0 Å². The zero-order valence-electron chi connectivity index (χ0n) is 12.9. The molecule has 0 bridgehead atoms. The van der Waals surface area contributed by atoms with Gasteiger partial charge in [-0.25, -0.2) is 0 Å². The number of halogens is 2. The van der Waals surface area contributed by atoms with Crippen molar-refractivity contribution in [3.05, 3.63) is 64.0 Å². The molecule has 8 heteroatoms. The molecule has 6 nitrogen and oxygen atoms in total. The Bertz CT molecular complexity index is 851. The lowest BCUT2D eigenvalue weighted by atomic mass is 10.2. The molecule has 0 saturated heterocycles. The Labute approximate surface area is 149 Å². The lowest BCUT2D eigenvalue weighted by Crippen LogP contribution is -2.19. The van der Waals surface area contributed by atoms with E-state index in [1.807, 2.05) is 13.0 Å². The van der Waals surface area contributed by atoms with Gasteiger partial charge in [-0.05, 0) is 25.1 Å². The first-order valence-electron chi connectivity index (χ1n) is 7.27. The third kappa shape index (κ3) is 3.96. The number of benzene rings is 1. The summed E-state index contributed by atoms with van der Waals surface area (Å²) in [5, 5.41) is 12.4. The fourth-order valence-corrected chi connectivity index (χ4v) is 2.76. The largest absolute Gasteiger partial charge is 0.308 e. The van der Waals surface area contributed by atoms with E-state index in [1.54, 1.807) is 46.0 Å². The third-order valence-corrected chi connectivity index (χ3v) is 4.08. The van der Waals surface area contributed by atoms with Crippen LogP contribution < -0.4 is 5.32 Å². The first kappa shape index (κ1) is 16.5. The Kier molecular flexibility index (Phi) is 4.87. The molecule has 0 unspecified atom stereocenters. The van der Waals surface area contributed by atoms with Crippen LogP contribution >= 0.6 is 23.2 Å². The number of carbonyl (C=O) groups excluding carboxylic acids is 1. The molecule has 1 N–H and O–H groups in total. The van der Waals surface area contributed by atoms with Crippen LogP contribution in [0, 0.1) is 6.92 Å². The predicted molar refractivity (Wildman–Crippen MR) is 93.4 cm³/mol. The van der Waals surface area contributed by atoms with E-state index in [9.17, 15) is 4.79 Å². The van der Waals surface area contributed by atoms with Crippen LogP contribution in [0.25, 0.3) is 0 Å². The summed E-state index contributed by atoms with van der Waals surface area (Å²) in [6, 6.07) is 8.91. The van der Waals surface area contributed by atoms with Gasteiger partial charge in [-0.1, -0.05) is 29.3 Å². The van der Waals surface area contributed by atoms with Gasteiger partial charge in [0.25, 0.3) is 0 Å². The Morgan fingerprint density at radius 3 is 2.46 bits per heavy atom. The molecule has 0 aliphatic rings. The second kappa shape index (κ2) is 7.07. The van der Waals surface area contributed by atoms with Crippen molar-refractivity contribution >= 4 is 34.9 Å². The van der Waals surface area contributed by atoms with E-state index in [1.165, 1.54) is 0 Å². The zero-order chi connectivity index (χ0) is 17.1. The highest BCUT2D eigenvalue weighted by molar-refractivity contribution is 6.35. The van der Waals surface area contributed by atoms with Crippen LogP contribution in [-0.4, -0.2) is 25.5 Å². The molecule has 2 aromatic heterocycles. The topological polar surface area (TPSA) is 64.7 Å².